The number of carbonyl (C=O) groups excluding carboxylic acids is 1. The second-order valence-corrected chi connectivity index (χ2v) is 12.6. The number of halogens is 4. The van der Waals surface area contributed by atoms with Crippen molar-refractivity contribution in [2.24, 2.45) is 5.92 Å². The fraction of sp³-hybridized carbons (Fsp3) is 0.241. The zero-order chi connectivity index (χ0) is 32.3. The van der Waals surface area contributed by atoms with Crippen LogP contribution in [0.15, 0.2) is 78.1 Å². The molecule has 11 nitrogen and oxygen atoms in total. The highest BCUT2D eigenvalue weighted by Gasteiger charge is 2.29. The molecule has 2 aromatic carbocycles. The smallest absolute Gasteiger partial charge is 0.387 e. The van der Waals surface area contributed by atoms with E-state index < -0.39 is 33.6 Å². The van der Waals surface area contributed by atoms with Gasteiger partial charge in [-0.2, -0.15) is 8.78 Å². The van der Waals surface area contributed by atoms with Crippen molar-refractivity contribution in [3.63, 3.8) is 0 Å². The van der Waals surface area contributed by atoms with Crippen molar-refractivity contribution in [1.29, 1.82) is 0 Å². The summed E-state index contributed by atoms with van der Waals surface area (Å²) in [5, 5.41) is 11.3. The number of hydrogen-bond acceptors (Lipinski definition) is 9. The molecule has 1 saturated carbocycles. The summed E-state index contributed by atoms with van der Waals surface area (Å²) in [6.45, 7) is -2.85. The molecule has 1 aliphatic rings. The highest BCUT2D eigenvalue weighted by molar-refractivity contribution is 7.90. The first-order valence-electron chi connectivity index (χ1n) is 13.3. The zero-order valence-corrected chi connectivity index (χ0v) is 25.3. The van der Waals surface area contributed by atoms with E-state index in [9.17, 15) is 32.1 Å². The predicted octanol–water partition coefficient (Wildman–Crippen LogP) is 6.87. The largest absolute Gasteiger partial charge is 0.489 e. The minimum atomic E-state index is -4.38. The fourth-order valence-electron chi connectivity index (χ4n) is 4.35. The third-order valence-electron chi connectivity index (χ3n) is 6.84. The number of nitro benzene ring substituents is 1. The van der Waals surface area contributed by atoms with E-state index >= 15 is 0 Å². The molecular weight excluding hydrogens is 659 g/mol. The van der Waals surface area contributed by atoms with Gasteiger partial charge in [0.1, 0.15) is 11.8 Å². The molecule has 0 bridgehead atoms. The summed E-state index contributed by atoms with van der Waals surface area (Å²) < 4.78 is 69.9. The van der Waals surface area contributed by atoms with Crippen LogP contribution in [0.4, 0.5) is 14.5 Å². The molecule has 1 atom stereocenters. The zero-order valence-electron chi connectivity index (χ0n) is 23.0. The molecule has 45 heavy (non-hydrogen) atoms. The van der Waals surface area contributed by atoms with Gasteiger partial charge in [-0.3, -0.25) is 15.1 Å². The van der Waals surface area contributed by atoms with Crippen molar-refractivity contribution in [3.05, 3.63) is 110 Å². The number of carbonyl (C=O) groups is 1. The Morgan fingerprint density at radius 3 is 2.38 bits per heavy atom. The molecule has 0 aliphatic heterocycles. The van der Waals surface area contributed by atoms with Crippen LogP contribution in [-0.2, 0) is 21.2 Å². The Labute approximate surface area is 265 Å². The molecule has 236 valence electrons. The number of ether oxygens (including phenoxy) is 3. The summed E-state index contributed by atoms with van der Waals surface area (Å²) in [7, 11) is -4.38. The predicted molar refractivity (Wildman–Crippen MR) is 158 cm³/mol. The summed E-state index contributed by atoms with van der Waals surface area (Å²) >= 11 is 12.7. The number of rotatable bonds is 13. The van der Waals surface area contributed by atoms with Gasteiger partial charge in [0.05, 0.1) is 26.5 Å². The number of alkyl halides is 2. The van der Waals surface area contributed by atoms with E-state index in [-0.39, 0.29) is 62.3 Å². The lowest BCUT2D eigenvalue weighted by molar-refractivity contribution is -0.384. The molecule has 16 heteroatoms. The second-order valence-electron chi connectivity index (χ2n) is 9.96. The summed E-state index contributed by atoms with van der Waals surface area (Å²) in [4.78, 5) is 27.5. The molecule has 0 spiro atoms. The van der Waals surface area contributed by atoms with Gasteiger partial charge in [-0.1, -0.05) is 29.3 Å². The molecule has 2 aromatic heterocycles. The Morgan fingerprint density at radius 2 is 1.76 bits per heavy atom. The Kier molecular flexibility index (Phi) is 9.56. The number of aromatic nitrogens is 2. The Morgan fingerprint density at radius 1 is 1.07 bits per heavy atom. The molecular formula is C29H23Cl2F2N3O8S. The summed E-state index contributed by atoms with van der Waals surface area (Å²) in [5.41, 5.74) is -0.0552. The number of nitrogens with zero attached hydrogens (tertiary/aromatic N) is 3. The van der Waals surface area contributed by atoms with E-state index in [4.69, 9.17) is 32.7 Å². The van der Waals surface area contributed by atoms with Crippen LogP contribution in [0.2, 0.25) is 10.0 Å². The quantitative estimate of drug-likeness (QED) is 0.0840. The molecule has 5 rings (SSSR count). The first kappa shape index (κ1) is 32.1. The van der Waals surface area contributed by atoms with Crippen molar-refractivity contribution in [2.45, 2.75) is 36.9 Å². The van der Waals surface area contributed by atoms with Gasteiger partial charge in [0.2, 0.25) is 0 Å². The topological polar surface area (TPSA) is 140 Å². The van der Waals surface area contributed by atoms with Crippen LogP contribution in [0.5, 0.6) is 11.5 Å². The molecule has 0 saturated heterocycles. The van der Waals surface area contributed by atoms with E-state index in [2.05, 4.69) is 9.72 Å². The highest BCUT2D eigenvalue weighted by atomic mass is 35.5. The van der Waals surface area contributed by atoms with Crippen LogP contribution in [0.25, 0.3) is 0 Å². The third-order valence-corrected chi connectivity index (χ3v) is 9.20. The Hall–Kier alpha value is -4.27. The molecule has 0 N–H and O–H groups in total. The number of esters is 1. The van der Waals surface area contributed by atoms with Gasteiger partial charge < -0.3 is 14.2 Å². The summed E-state index contributed by atoms with van der Waals surface area (Å²) in [6.07, 6.45) is 4.39. The van der Waals surface area contributed by atoms with Gasteiger partial charge in [-0.25, -0.2) is 17.2 Å². The number of benzene rings is 2. The number of hydrogen-bond donors (Lipinski definition) is 0. The van der Waals surface area contributed by atoms with E-state index in [1.807, 2.05) is 0 Å². The molecule has 0 unspecified atom stereocenters. The molecule has 1 fully saturated rings. The second kappa shape index (κ2) is 13.4. The van der Waals surface area contributed by atoms with E-state index in [0.29, 0.717) is 9.54 Å². The standard InChI is InChI=1S/C29H23Cl2F2N3O8S/c30-22-14-34-15-23(31)21(22)13-26(18-5-10-25(44-29(32)33)27(12-18)42-16-17-3-4-17)43-28(37)24-2-1-11-35(24)45(40,41)20-8-6-19(7-9-20)36(38)39/h1-2,5-12,14-15,17,26,29H,3-4,13,16H2/t26-/m0/s1. The first-order chi connectivity index (χ1) is 21.4. The lowest BCUT2D eigenvalue weighted by Crippen LogP contribution is -2.21. The van der Waals surface area contributed by atoms with Crippen LogP contribution in [0, 0.1) is 16.0 Å². The van der Waals surface area contributed by atoms with Crippen LogP contribution >= 0.6 is 23.2 Å². The van der Waals surface area contributed by atoms with E-state index in [1.54, 1.807) is 0 Å². The van der Waals surface area contributed by atoms with Crippen LogP contribution in [0.1, 0.15) is 40.6 Å². The molecule has 2 heterocycles. The van der Waals surface area contributed by atoms with Gasteiger partial charge >= 0.3 is 12.6 Å². The van der Waals surface area contributed by atoms with Gasteiger partial charge in [0.25, 0.3) is 15.7 Å². The summed E-state index contributed by atoms with van der Waals surface area (Å²) in [6, 6.07) is 10.7. The van der Waals surface area contributed by atoms with Gasteiger partial charge in [-0.05, 0) is 66.3 Å². The number of pyridine rings is 1. The van der Waals surface area contributed by atoms with E-state index in [0.717, 1.165) is 43.3 Å². The molecule has 1 aliphatic carbocycles. The van der Waals surface area contributed by atoms with Crippen molar-refractivity contribution in [3.8, 4) is 11.5 Å². The van der Waals surface area contributed by atoms with Crippen LogP contribution in [0.3, 0.4) is 0 Å². The lowest BCUT2D eigenvalue weighted by Gasteiger charge is -2.22. The average Bonchev–Trinajstić information content (AvgIpc) is 3.69. The number of nitro groups is 1. The minimum absolute atomic E-state index is 0.00297. The highest BCUT2D eigenvalue weighted by Crippen LogP contribution is 2.38. The van der Waals surface area contributed by atoms with Crippen LogP contribution < -0.4 is 9.47 Å². The third kappa shape index (κ3) is 7.52. The van der Waals surface area contributed by atoms with Crippen molar-refractivity contribution in [2.75, 3.05) is 6.61 Å². The van der Waals surface area contributed by atoms with Crippen molar-refractivity contribution < 1.29 is 41.1 Å². The molecule has 0 radical (unpaired) electrons. The van der Waals surface area contributed by atoms with Crippen LogP contribution in [-0.4, -0.2) is 41.5 Å². The van der Waals surface area contributed by atoms with Crippen molar-refractivity contribution >= 4 is 44.9 Å². The SMILES string of the molecule is O=C(O[C@@H](Cc1c(Cl)cncc1Cl)c1ccc(OC(F)F)c(OCC2CC2)c1)c1cccn1S(=O)(=O)c1ccc([N+](=O)[O-])cc1. The maximum atomic E-state index is 13.6. The maximum Gasteiger partial charge on any atom is 0.387 e. The Bertz CT molecular complexity index is 1810. The molecule has 0 amide bonds. The number of non-ortho nitro benzene ring substituents is 1. The van der Waals surface area contributed by atoms with E-state index in [1.165, 1.54) is 42.7 Å². The van der Waals surface area contributed by atoms with Gasteiger partial charge in [-0.15, -0.1) is 0 Å². The summed E-state index contributed by atoms with van der Waals surface area (Å²) in [5.74, 6) is -1.01. The van der Waals surface area contributed by atoms with Gasteiger partial charge in [0.15, 0.2) is 11.5 Å². The van der Waals surface area contributed by atoms with Gasteiger partial charge in [0, 0.05) is 37.1 Å². The first-order valence-corrected chi connectivity index (χ1v) is 15.5. The minimum Gasteiger partial charge on any atom is -0.489 e. The van der Waals surface area contributed by atoms with Crippen molar-refractivity contribution in [1.82, 2.24) is 8.96 Å². The normalized spacial score (nSPS) is 13.8. The average molecular weight is 682 g/mol. The lowest BCUT2D eigenvalue weighted by atomic mass is 10.0. The Balaban J connectivity index is 1.50. The fourth-order valence-corrected chi connectivity index (χ4v) is 6.20. The molecule has 4 aromatic rings. The maximum absolute atomic E-state index is 13.6. The monoisotopic (exact) mass is 681 g/mol.